The number of aryl methyl sites for hydroxylation is 1. The number of rotatable bonds is 4. The maximum Gasteiger partial charge on any atom is 0.416 e. The fourth-order valence-electron chi connectivity index (χ4n) is 2.01. The van der Waals surface area contributed by atoms with E-state index in [0.717, 1.165) is 6.07 Å². The second kappa shape index (κ2) is 6.39. The first-order valence-electron chi connectivity index (χ1n) is 6.53. The Kier molecular flexibility index (Phi) is 4.78. The van der Waals surface area contributed by atoms with Crippen molar-refractivity contribution >= 4 is 11.6 Å². The third-order valence-corrected chi connectivity index (χ3v) is 3.21. The summed E-state index contributed by atoms with van der Waals surface area (Å²) < 4.78 is 44.7. The summed E-state index contributed by atoms with van der Waals surface area (Å²) in [5.74, 6) is 0.597. The van der Waals surface area contributed by atoms with Crippen LogP contribution in [0.4, 0.5) is 13.2 Å². The topological polar surface area (TPSA) is 9.23 Å². The van der Waals surface area contributed by atoms with E-state index in [1.54, 1.807) is 30.3 Å². The Morgan fingerprint density at radius 3 is 2.19 bits per heavy atom. The number of hydrogen-bond donors (Lipinski definition) is 0. The first kappa shape index (κ1) is 15.7. The van der Waals surface area contributed by atoms with E-state index in [-0.39, 0.29) is 11.3 Å². The largest absolute Gasteiger partial charge is 0.457 e. The number of halogens is 4. The minimum atomic E-state index is -4.39. The molecular formula is C16H14ClF3O. The molecule has 1 nitrogen and oxygen atoms in total. The second-order valence-electron chi connectivity index (χ2n) is 4.62. The van der Waals surface area contributed by atoms with Gasteiger partial charge in [-0.2, -0.15) is 13.2 Å². The fraction of sp³-hybridized carbons (Fsp3) is 0.250. The third kappa shape index (κ3) is 4.14. The molecule has 21 heavy (non-hydrogen) atoms. The molecule has 5 heteroatoms. The van der Waals surface area contributed by atoms with E-state index in [1.807, 2.05) is 6.92 Å². The zero-order chi connectivity index (χ0) is 15.5. The van der Waals surface area contributed by atoms with Crippen LogP contribution in [0.5, 0.6) is 11.5 Å². The van der Waals surface area contributed by atoms with Gasteiger partial charge in [-0.05, 0) is 48.4 Å². The molecule has 2 rings (SSSR count). The molecule has 0 aromatic heterocycles. The lowest BCUT2D eigenvalue weighted by Crippen LogP contribution is -2.09. The Bertz CT molecular complexity index is 606. The van der Waals surface area contributed by atoms with Crippen molar-refractivity contribution < 1.29 is 17.9 Å². The van der Waals surface area contributed by atoms with Gasteiger partial charge in [0.2, 0.25) is 0 Å². The van der Waals surface area contributed by atoms with Crippen LogP contribution in [0, 0.1) is 0 Å². The van der Waals surface area contributed by atoms with Gasteiger partial charge >= 0.3 is 6.18 Å². The first-order chi connectivity index (χ1) is 9.90. The highest BCUT2D eigenvalue weighted by Crippen LogP contribution is 2.36. The molecule has 0 amide bonds. The molecule has 0 heterocycles. The zero-order valence-corrected chi connectivity index (χ0v) is 12.1. The quantitative estimate of drug-likeness (QED) is 0.662. The number of alkyl halides is 3. The summed E-state index contributed by atoms with van der Waals surface area (Å²) in [4.78, 5) is 0. The summed E-state index contributed by atoms with van der Waals surface area (Å²) in [5, 5.41) is 0.539. The van der Waals surface area contributed by atoms with E-state index in [0.29, 0.717) is 23.6 Å². The Balaban J connectivity index is 2.31. The predicted octanol–water partition coefficient (Wildman–Crippen LogP) is 6.10. The summed E-state index contributed by atoms with van der Waals surface area (Å²) in [6.45, 7) is 1.85. The molecule has 0 aliphatic carbocycles. The van der Waals surface area contributed by atoms with Crippen LogP contribution in [-0.2, 0) is 12.6 Å². The number of hydrogen-bond acceptors (Lipinski definition) is 1. The highest BCUT2D eigenvalue weighted by Gasteiger charge is 2.33. The average molecular weight is 315 g/mol. The molecule has 0 aliphatic heterocycles. The summed E-state index contributed by atoms with van der Waals surface area (Å²) >= 11 is 5.75. The van der Waals surface area contributed by atoms with Gasteiger partial charge in [0, 0.05) is 5.02 Å². The van der Waals surface area contributed by atoms with Gasteiger partial charge in [-0.25, -0.2) is 0 Å². The SMILES string of the molecule is CCCc1ccc(Oc2ccc(Cl)cc2)cc1C(F)(F)F. The molecular weight excluding hydrogens is 301 g/mol. The molecule has 2 aromatic rings. The van der Waals surface area contributed by atoms with E-state index in [1.165, 1.54) is 6.07 Å². The second-order valence-corrected chi connectivity index (χ2v) is 5.06. The smallest absolute Gasteiger partial charge is 0.416 e. The zero-order valence-electron chi connectivity index (χ0n) is 11.4. The molecule has 0 spiro atoms. The summed E-state index contributed by atoms with van der Waals surface area (Å²) in [6.07, 6.45) is -3.35. The number of benzene rings is 2. The van der Waals surface area contributed by atoms with Crippen LogP contribution in [0.1, 0.15) is 24.5 Å². The van der Waals surface area contributed by atoms with Crippen molar-refractivity contribution in [1.82, 2.24) is 0 Å². The van der Waals surface area contributed by atoms with Crippen LogP contribution >= 0.6 is 11.6 Å². The minimum Gasteiger partial charge on any atom is -0.457 e. The molecule has 0 atom stereocenters. The van der Waals surface area contributed by atoms with Crippen LogP contribution in [0.2, 0.25) is 5.02 Å². The van der Waals surface area contributed by atoms with E-state index in [9.17, 15) is 13.2 Å². The number of ether oxygens (including phenoxy) is 1. The Morgan fingerprint density at radius 2 is 1.62 bits per heavy atom. The maximum absolute atomic E-state index is 13.1. The van der Waals surface area contributed by atoms with Gasteiger partial charge in [0.05, 0.1) is 5.56 Å². The van der Waals surface area contributed by atoms with Crippen molar-refractivity contribution in [3.05, 3.63) is 58.6 Å². The lowest BCUT2D eigenvalue weighted by molar-refractivity contribution is -0.138. The van der Waals surface area contributed by atoms with Crippen molar-refractivity contribution in [3.8, 4) is 11.5 Å². The van der Waals surface area contributed by atoms with E-state index >= 15 is 0 Å². The highest BCUT2D eigenvalue weighted by molar-refractivity contribution is 6.30. The van der Waals surface area contributed by atoms with E-state index in [4.69, 9.17) is 16.3 Å². The molecule has 0 saturated heterocycles. The van der Waals surface area contributed by atoms with Crippen LogP contribution in [-0.4, -0.2) is 0 Å². The maximum atomic E-state index is 13.1. The van der Waals surface area contributed by atoms with Crippen LogP contribution in [0.15, 0.2) is 42.5 Å². The van der Waals surface area contributed by atoms with Crippen molar-refractivity contribution in [3.63, 3.8) is 0 Å². The van der Waals surface area contributed by atoms with Crippen molar-refractivity contribution in [2.24, 2.45) is 0 Å². The van der Waals surface area contributed by atoms with Gasteiger partial charge in [0.15, 0.2) is 0 Å². The predicted molar refractivity (Wildman–Crippen MR) is 77.0 cm³/mol. The Morgan fingerprint density at radius 1 is 1.00 bits per heavy atom. The monoisotopic (exact) mass is 314 g/mol. The van der Waals surface area contributed by atoms with E-state index in [2.05, 4.69) is 0 Å². The summed E-state index contributed by atoms with van der Waals surface area (Å²) in [6, 6.07) is 10.5. The molecule has 112 valence electrons. The van der Waals surface area contributed by atoms with Crippen LogP contribution < -0.4 is 4.74 Å². The molecule has 0 N–H and O–H groups in total. The third-order valence-electron chi connectivity index (χ3n) is 2.96. The van der Waals surface area contributed by atoms with Gasteiger partial charge in [-0.3, -0.25) is 0 Å². The molecule has 0 saturated carbocycles. The van der Waals surface area contributed by atoms with Gasteiger partial charge in [-0.1, -0.05) is 31.0 Å². The van der Waals surface area contributed by atoms with Gasteiger partial charge in [0.1, 0.15) is 11.5 Å². The lowest BCUT2D eigenvalue weighted by atomic mass is 10.0. The minimum absolute atomic E-state index is 0.157. The van der Waals surface area contributed by atoms with Crippen molar-refractivity contribution in [1.29, 1.82) is 0 Å². The highest BCUT2D eigenvalue weighted by atomic mass is 35.5. The first-order valence-corrected chi connectivity index (χ1v) is 6.91. The molecule has 0 radical (unpaired) electrons. The van der Waals surface area contributed by atoms with Gasteiger partial charge in [-0.15, -0.1) is 0 Å². The summed E-state index contributed by atoms with van der Waals surface area (Å²) in [7, 11) is 0. The normalized spacial score (nSPS) is 11.5. The lowest BCUT2D eigenvalue weighted by Gasteiger charge is -2.14. The van der Waals surface area contributed by atoms with Crippen molar-refractivity contribution in [2.75, 3.05) is 0 Å². The molecule has 2 aromatic carbocycles. The van der Waals surface area contributed by atoms with Crippen molar-refractivity contribution in [2.45, 2.75) is 25.9 Å². The fourth-order valence-corrected chi connectivity index (χ4v) is 2.13. The molecule has 0 unspecified atom stereocenters. The Labute approximate surface area is 126 Å². The standard InChI is InChI=1S/C16H14ClF3O/c1-2-3-11-4-7-14(10-15(11)16(18,19)20)21-13-8-5-12(17)6-9-13/h4-10H,2-3H2,1H3. The average Bonchev–Trinajstić information content (AvgIpc) is 2.42. The van der Waals surface area contributed by atoms with Gasteiger partial charge in [0.25, 0.3) is 0 Å². The van der Waals surface area contributed by atoms with Crippen LogP contribution in [0.25, 0.3) is 0 Å². The molecule has 0 bridgehead atoms. The summed E-state index contributed by atoms with van der Waals surface area (Å²) in [5.41, 5.74) is -0.357. The van der Waals surface area contributed by atoms with Crippen LogP contribution in [0.3, 0.4) is 0 Å². The molecule has 0 aliphatic rings. The Hall–Kier alpha value is -1.68. The van der Waals surface area contributed by atoms with E-state index < -0.39 is 11.7 Å². The molecule has 0 fully saturated rings. The van der Waals surface area contributed by atoms with Gasteiger partial charge < -0.3 is 4.74 Å².